The molecule has 0 bridgehead atoms. The molecule has 3 rings (SSSR count). The lowest BCUT2D eigenvalue weighted by atomic mass is 10.0. The van der Waals surface area contributed by atoms with Crippen molar-refractivity contribution in [2.45, 2.75) is 12.8 Å². The fourth-order valence-corrected chi connectivity index (χ4v) is 2.07. The lowest BCUT2D eigenvalue weighted by Crippen LogP contribution is -2.06. The van der Waals surface area contributed by atoms with E-state index in [-0.39, 0.29) is 5.82 Å². The minimum absolute atomic E-state index is 0.326. The molecule has 0 aliphatic heterocycles. The second kappa shape index (κ2) is 5.01. The van der Waals surface area contributed by atoms with Crippen LogP contribution in [0.2, 0.25) is 0 Å². The van der Waals surface area contributed by atoms with Crippen LogP contribution < -0.4 is 0 Å². The minimum Gasteiger partial charge on any atom is -0.481 e. The predicted octanol–water partition coefficient (Wildman–Crippen LogP) is 3.82. The van der Waals surface area contributed by atoms with Gasteiger partial charge in [0.1, 0.15) is 11.3 Å². The molecule has 1 N–H and O–H groups in total. The highest BCUT2D eigenvalue weighted by atomic mass is 19.1. The maximum atomic E-state index is 12.9. The Morgan fingerprint density at radius 1 is 1.24 bits per heavy atom. The molecule has 0 aliphatic carbocycles. The van der Waals surface area contributed by atoms with E-state index in [1.54, 1.807) is 37.3 Å². The van der Waals surface area contributed by atoms with Gasteiger partial charge in [-0.3, -0.25) is 4.79 Å². The number of aliphatic carboxylic acids is 1. The third-order valence-electron chi connectivity index (χ3n) is 3.37. The average Bonchev–Trinajstić information content (AvgIpc) is 2.89. The van der Waals surface area contributed by atoms with Crippen LogP contribution >= 0.6 is 0 Å². The Labute approximate surface area is 119 Å². The van der Waals surface area contributed by atoms with Gasteiger partial charge in [0.05, 0.1) is 5.92 Å². The van der Waals surface area contributed by atoms with Crippen LogP contribution in [0.5, 0.6) is 0 Å². The summed E-state index contributed by atoms with van der Waals surface area (Å²) in [5.74, 6) is -1.46. The van der Waals surface area contributed by atoms with Crippen molar-refractivity contribution in [3.8, 4) is 11.5 Å². The first-order chi connectivity index (χ1) is 10.0. The Balaban J connectivity index is 2.04. The molecule has 0 amide bonds. The van der Waals surface area contributed by atoms with Crippen molar-refractivity contribution in [3.05, 3.63) is 53.8 Å². The number of rotatable bonds is 3. The van der Waals surface area contributed by atoms with Crippen LogP contribution in [-0.2, 0) is 4.79 Å². The van der Waals surface area contributed by atoms with Crippen LogP contribution in [0.3, 0.4) is 0 Å². The third kappa shape index (κ3) is 2.50. The summed E-state index contributed by atoms with van der Waals surface area (Å²) in [6.45, 7) is 1.61. The fraction of sp³-hybridized carbons (Fsp3) is 0.125. The lowest BCUT2D eigenvalue weighted by molar-refractivity contribution is -0.138. The number of oxazole rings is 1. The molecule has 0 saturated carbocycles. The first-order valence-electron chi connectivity index (χ1n) is 6.44. The summed E-state index contributed by atoms with van der Waals surface area (Å²) in [4.78, 5) is 15.3. The van der Waals surface area contributed by atoms with Gasteiger partial charge in [0, 0.05) is 5.56 Å². The SMILES string of the molecule is C[C@H](C(=O)O)c1ccc2nc(-c3ccc(F)cc3)oc2c1. The molecule has 1 heterocycles. The summed E-state index contributed by atoms with van der Waals surface area (Å²) in [7, 11) is 0. The molecule has 1 aromatic heterocycles. The molecule has 0 fully saturated rings. The van der Waals surface area contributed by atoms with E-state index in [9.17, 15) is 9.18 Å². The number of benzene rings is 2. The quantitative estimate of drug-likeness (QED) is 0.794. The minimum atomic E-state index is -0.896. The zero-order valence-corrected chi connectivity index (χ0v) is 11.2. The first-order valence-corrected chi connectivity index (χ1v) is 6.44. The van der Waals surface area contributed by atoms with Gasteiger partial charge >= 0.3 is 5.97 Å². The smallest absolute Gasteiger partial charge is 0.310 e. The van der Waals surface area contributed by atoms with Crippen molar-refractivity contribution in [1.82, 2.24) is 4.98 Å². The maximum Gasteiger partial charge on any atom is 0.310 e. The van der Waals surface area contributed by atoms with Crippen LogP contribution in [0.4, 0.5) is 4.39 Å². The maximum absolute atomic E-state index is 12.9. The van der Waals surface area contributed by atoms with Crippen molar-refractivity contribution in [2.75, 3.05) is 0 Å². The number of halogens is 1. The molecular weight excluding hydrogens is 273 g/mol. The lowest BCUT2D eigenvalue weighted by Gasteiger charge is -2.04. The Morgan fingerprint density at radius 3 is 2.62 bits per heavy atom. The highest BCUT2D eigenvalue weighted by molar-refractivity contribution is 5.81. The van der Waals surface area contributed by atoms with Crippen molar-refractivity contribution >= 4 is 17.1 Å². The van der Waals surface area contributed by atoms with E-state index >= 15 is 0 Å². The highest BCUT2D eigenvalue weighted by Gasteiger charge is 2.16. The van der Waals surface area contributed by atoms with Crippen LogP contribution in [0.15, 0.2) is 46.9 Å². The predicted molar refractivity (Wildman–Crippen MR) is 75.5 cm³/mol. The first kappa shape index (κ1) is 13.3. The van der Waals surface area contributed by atoms with Crippen molar-refractivity contribution < 1.29 is 18.7 Å². The molecular formula is C16H12FNO3. The van der Waals surface area contributed by atoms with Crippen molar-refractivity contribution in [3.63, 3.8) is 0 Å². The summed E-state index contributed by atoms with van der Waals surface area (Å²) in [6.07, 6.45) is 0. The Morgan fingerprint density at radius 2 is 1.95 bits per heavy atom. The summed E-state index contributed by atoms with van der Waals surface area (Å²) < 4.78 is 18.6. The number of fused-ring (bicyclic) bond motifs is 1. The number of hydrogen-bond donors (Lipinski definition) is 1. The summed E-state index contributed by atoms with van der Waals surface area (Å²) >= 11 is 0. The normalized spacial score (nSPS) is 12.5. The largest absolute Gasteiger partial charge is 0.481 e. The van der Waals surface area contributed by atoms with E-state index in [0.717, 1.165) is 0 Å². The summed E-state index contributed by atoms with van der Waals surface area (Å²) in [5, 5.41) is 9.03. The van der Waals surface area contributed by atoms with Gasteiger partial charge in [-0.25, -0.2) is 9.37 Å². The topological polar surface area (TPSA) is 63.3 Å². The number of carboxylic acids is 1. The van der Waals surface area contributed by atoms with Crippen molar-refractivity contribution in [1.29, 1.82) is 0 Å². The molecule has 0 unspecified atom stereocenters. The van der Waals surface area contributed by atoms with Gasteiger partial charge in [0.2, 0.25) is 5.89 Å². The van der Waals surface area contributed by atoms with Gasteiger partial charge in [-0.1, -0.05) is 6.07 Å². The van der Waals surface area contributed by atoms with E-state index in [0.29, 0.717) is 28.1 Å². The molecule has 3 aromatic rings. The van der Waals surface area contributed by atoms with Gasteiger partial charge in [0.15, 0.2) is 5.58 Å². The van der Waals surface area contributed by atoms with E-state index in [4.69, 9.17) is 9.52 Å². The third-order valence-corrected chi connectivity index (χ3v) is 3.37. The monoisotopic (exact) mass is 285 g/mol. The van der Waals surface area contributed by atoms with Crippen LogP contribution in [0.1, 0.15) is 18.4 Å². The van der Waals surface area contributed by atoms with Gasteiger partial charge in [-0.05, 0) is 48.9 Å². The number of hydrogen-bond acceptors (Lipinski definition) is 3. The molecule has 0 aliphatic rings. The number of nitrogens with zero attached hydrogens (tertiary/aromatic N) is 1. The standard InChI is InChI=1S/C16H12FNO3/c1-9(16(19)20)11-4-7-13-14(8-11)21-15(18-13)10-2-5-12(17)6-3-10/h2-9H,1H3,(H,19,20)/t9-/m0/s1. The van der Waals surface area contributed by atoms with Gasteiger partial charge in [-0.2, -0.15) is 0 Å². The zero-order chi connectivity index (χ0) is 15.0. The molecule has 2 aromatic carbocycles. The van der Waals surface area contributed by atoms with E-state index in [1.165, 1.54) is 12.1 Å². The average molecular weight is 285 g/mol. The van der Waals surface area contributed by atoms with Crippen LogP contribution in [0.25, 0.3) is 22.6 Å². The number of carboxylic acid groups (broad SMARTS) is 1. The zero-order valence-electron chi connectivity index (χ0n) is 11.2. The Kier molecular flexibility index (Phi) is 3.17. The Hall–Kier alpha value is -2.69. The molecule has 1 atom stereocenters. The molecule has 0 spiro atoms. The molecule has 0 saturated heterocycles. The highest BCUT2D eigenvalue weighted by Crippen LogP contribution is 2.27. The van der Waals surface area contributed by atoms with Gasteiger partial charge in [-0.15, -0.1) is 0 Å². The summed E-state index contributed by atoms with van der Waals surface area (Å²) in [6, 6.07) is 11.0. The summed E-state index contributed by atoms with van der Waals surface area (Å²) in [5.41, 5.74) is 2.47. The Bertz CT molecular complexity index is 808. The second-order valence-corrected chi connectivity index (χ2v) is 4.81. The van der Waals surface area contributed by atoms with Gasteiger partial charge < -0.3 is 9.52 Å². The van der Waals surface area contributed by atoms with Crippen LogP contribution in [0, 0.1) is 5.82 Å². The number of carbonyl (C=O) groups is 1. The molecule has 4 nitrogen and oxygen atoms in total. The number of aromatic nitrogens is 1. The van der Waals surface area contributed by atoms with Crippen LogP contribution in [-0.4, -0.2) is 16.1 Å². The van der Waals surface area contributed by atoms with E-state index < -0.39 is 11.9 Å². The van der Waals surface area contributed by atoms with E-state index in [1.807, 2.05) is 0 Å². The molecule has 21 heavy (non-hydrogen) atoms. The molecule has 5 heteroatoms. The fourth-order valence-electron chi connectivity index (χ4n) is 2.07. The van der Waals surface area contributed by atoms with Gasteiger partial charge in [0.25, 0.3) is 0 Å². The molecule has 0 radical (unpaired) electrons. The second-order valence-electron chi connectivity index (χ2n) is 4.81. The molecule has 106 valence electrons. The van der Waals surface area contributed by atoms with Crippen molar-refractivity contribution in [2.24, 2.45) is 0 Å². The van der Waals surface area contributed by atoms with E-state index in [2.05, 4.69) is 4.98 Å².